The van der Waals surface area contributed by atoms with E-state index >= 15 is 0 Å². The van der Waals surface area contributed by atoms with Gasteiger partial charge in [-0.3, -0.25) is 4.79 Å². The highest BCUT2D eigenvalue weighted by Gasteiger charge is 2.46. The van der Waals surface area contributed by atoms with E-state index in [0.29, 0.717) is 35.3 Å². The predicted octanol–water partition coefficient (Wildman–Crippen LogP) is 2.65. The van der Waals surface area contributed by atoms with Crippen molar-refractivity contribution in [2.45, 2.75) is 64.3 Å². The van der Waals surface area contributed by atoms with Crippen LogP contribution in [0.1, 0.15) is 60.1 Å². The van der Waals surface area contributed by atoms with E-state index in [2.05, 4.69) is 0 Å². The summed E-state index contributed by atoms with van der Waals surface area (Å²) < 4.78 is 21.5. The number of cyclic esters (lactones) is 1. The molecule has 1 aliphatic carbocycles. The minimum absolute atomic E-state index is 0.0691. The quantitative estimate of drug-likeness (QED) is 0.433. The highest BCUT2D eigenvalue weighted by Crippen LogP contribution is 2.46. The fourth-order valence-electron chi connectivity index (χ4n) is 5.84. The molecule has 0 spiro atoms. The van der Waals surface area contributed by atoms with Crippen molar-refractivity contribution < 1.29 is 19.0 Å². The van der Waals surface area contributed by atoms with E-state index in [1.165, 1.54) is 6.07 Å². The highest BCUT2D eigenvalue weighted by atomic mass is 19.1. The molecule has 2 aliphatic heterocycles. The van der Waals surface area contributed by atoms with Gasteiger partial charge in [0, 0.05) is 28.1 Å². The molecular weight excluding hydrogens is 425 g/mol. The molecule has 8 heteroatoms. The van der Waals surface area contributed by atoms with Gasteiger partial charge in [-0.05, 0) is 55.9 Å². The fraction of sp³-hybridized carbons (Fsp3) is 0.400. The third-order valence-corrected chi connectivity index (χ3v) is 7.77. The van der Waals surface area contributed by atoms with Gasteiger partial charge < -0.3 is 20.1 Å². The van der Waals surface area contributed by atoms with E-state index < -0.39 is 17.1 Å². The lowest BCUT2D eigenvalue weighted by Gasteiger charge is -2.34. The number of aliphatic hydroxyl groups is 1. The summed E-state index contributed by atoms with van der Waals surface area (Å²) in [4.78, 5) is 30.7. The normalized spacial score (nSPS) is 25.0. The van der Waals surface area contributed by atoms with Crippen LogP contribution < -0.4 is 11.3 Å². The van der Waals surface area contributed by atoms with E-state index in [1.807, 2.05) is 6.92 Å². The average Bonchev–Trinajstić information content (AvgIpc) is 3.14. The third-order valence-electron chi connectivity index (χ3n) is 7.77. The Balaban J connectivity index is 1.72. The van der Waals surface area contributed by atoms with Gasteiger partial charge in [0.05, 0.1) is 29.0 Å². The summed E-state index contributed by atoms with van der Waals surface area (Å²) in [6.07, 6.45) is 1.37. The Kier molecular flexibility index (Phi) is 3.90. The first-order valence-corrected chi connectivity index (χ1v) is 11.2. The van der Waals surface area contributed by atoms with Gasteiger partial charge in [-0.2, -0.15) is 0 Å². The number of aromatic nitrogens is 2. The number of ether oxygens (including phenoxy) is 1. The lowest BCUT2D eigenvalue weighted by atomic mass is 9.75. The second kappa shape index (κ2) is 6.27. The molecule has 170 valence electrons. The summed E-state index contributed by atoms with van der Waals surface area (Å²) in [5, 5.41) is 11.9. The van der Waals surface area contributed by atoms with Crippen LogP contribution >= 0.6 is 0 Å². The van der Waals surface area contributed by atoms with Crippen molar-refractivity contribution in [2.24, 2.45) is 5.73 Å². The number of nitrogens with zero attached hydrogens (tertiary/aromatic N) is 2. The van der Waals surface area contributed by atoms with Crippen molar-refractivity contribution in [3.63, 3.8) is 0 Å². The maximum Gasteiger partial charge on any atom is 0.343 e. The van der Waals surface area contributed by atoms with E-state index in [-0.39, 0.29) is 42.1 Å². The number of hydrogen-bond acceptors (Lipinski definition) is 6. The molecular formula is C25H24FN3O4. The molecule has 2 atom stereocenters. The van der Waals surface area contributed by atoms with Gasteiger partial charge in [-0.25, -0.2) is 14.2 Å². The minimum Gasteiger partial charge on any atom is -0.458 e. The number of fused-ring (bicyclic) bond motifs is 5. The maximum absolute atomic E-state index is 14.8. The highest BCUT2D eigenvalue weighted by molar-refractivity contribution is 5.93. The molecule has 7 nitrogen and oxygen atoms in total. The van der Waals surface area contributed by atoms with E-state index in [1.54, 1.807) is 24.5 Å². The minimum atomic E-state index is -1.89. The number of carbonyl (C=O) groups is 1. The standard InChI is InChI=1S/C25H24FN3O4/c1-4-25(32)15-7-18-21-13(9-29(18)22(30)14(15)10-33-23(25)31)20-19-12(5-6-24(20,3)27)11(2)16(26)8-17(19)28-21/h7-8,32H,4-6,9-10,27H2,1-3H3/t24-,25+/m1/s1. The second-order valence-electron chi connectivity index (χ2n) is 9.69. The SMILES string of the molecule is CC[C@@]1(O)C(=O)OCc2c1cc1n(c2=O)Cc2c-1nc1cc(F)c(C)c3c1c2[C@](C)(N)CC3. The number of halogens is 1. The Morgan fingerprint density at radius 2 is 2.03 bits per heavy atom. The molecule has 0 saturated heterocycles. The summed E-state index contributed by atoms with van der Waals surface area (Å²) in [7, 11) is 0. The molecule has 0 saturated carbocycles. The largest absolute Gasteiger partial charge is 0.458 e. The van der Waals surface area contributed by atoms with Crippen molar-refractivity contribution in [3.8, 4) is 11.4 Å². The lowest BCUT2D eigenvalue weighted by Crippen LogP contribution is -2.44. The Morgan fingerprint density at radius 3 is 2.76 bits per heavy atom. The first-order chi connectivity index (χ1) is 15.6. The molecule has 0 amide bonds. The van der Waals surface area contributed by atoms with Crippen molar-refractivity contribution >= 4 is 16.9 Å². The van der Waals surface area contributed by atoms with Gasteiger partial charge in [-0.15, -0.1) is 0 Å². The molecule has 0 fully saturated rings. The summed E-state index contributed by atoms with van der Waals surface area (Å²) in [5.74, 6) is -1.08. The van der Waals surface area contributed by atoms with Crippen LogP contribution in [-0.2, 0) is 40.2 Å². The predicted molar refractivity (Wildman–Crippen MR) is 119 cm³/mol. The summed E-state index contributed by atoms with van der Waals surface area (Å²) in [6.45, 7) is 5.49. The molecule has 33 heavy (non-hydrogen) atoms. The lowest BCUT2D eigenvalue weighted by molar-refractivity contribution is -0.172. The summed E-state index contributed by atoms with van der Waals surface area (Å²) in [6, 6.07) is 3.10. The fourth-order valence-corrected chi connectivity index (χ4v) is 5.84. The number of carbonyl (C=O) groups excluding carboxylic acids is 1. The van der Waals surface area contributed by atoms with Crippen LogP contribution in [0.25, 0.3) is 22.3 Å². The number of benzene rings is 1. The number of aryl methyl sites for hydroxylation is 1. The van der Waals surface area contributed by atoms with Crippen LogP contribution in [0.5, 0.6) is 0 Å². The van der Waals surface area contributed by atoms with Gasteiger partial charge in [0.15, 0.2) is 5.60 Å². The Bertz CT molecular complexity index is 1490. The molecule has 2 aromatic heterocycles. The Hall–Kier alpha value is -3.10. The van der Waals surface area contributed by atoms with E-state index in [4.69, 9.17) is 15.5 Å². The smallest absolute Gasteiger partial charge is 0.343 e. The van der Waals surface area contributed by atoms with Crippen LogP contribution in [0.4, 0.5) is 4.39 Å². The van der Waals surface area contributed by atoms with Gasteiger partial charge >= 0.3 is 5.97 Å². The third kappa shape index (κ3) is 2.42. The van der Waals surface area contributed by atoms with Crippen molar-refractivity contribution in [3.05, 3.63) is 61.7 Å². The number of rotatable bonds is 1. The first kappa shape index (κ1) is 20.5. The molecule has 3 aliphatic rings. The van der Waals surface area contributed by atoms with Crippen LogP contribution in [0, 0.1) is 12.7 Å². The van der Waals surface area contributed by atoms with Gasteiger partial charge in [0.25, 0.3) is 5.56 Å². The van der Waals surface area contributed by atoms with Crippen LogP contribution in [0.2, 0.25) is 0 Å². The zero-order chi connectivity index (χ0) is 23.4. The Labute approximate surface area is 189 Å². The second-order valence-corrected chi connectivity index (χ2v) is 9.69. The number of hydrogen-bond donors (Lipinski definition) is 2. The van der Waals surface area contributed by atoms with Crippen molar-refractivity contribution in [1.82, 2.24) is 9.55 Å². The molecule has 1 aromatic carbocycles. The molecule has 0 radical (unpaired) electrons. The first-order valence-electron chi connectivity index (χ1n) is 11.2. The monoisotopic (exact) mass is 449 g/mol. The van der Waals surface area contributed by atoms with Gasteiger partial charge in [0.1, 0.15) is 12.4 Å². The van der Waals surface area contributed by atoms with E-state index in [9.17, 15) is 19.1 Å². The Morgan fingerprint density at radius 1 is 1.27 bits per heavy atom. The average molecular weight is 449 g/mol. The molecule has 0 unspecified atom stereocenters. The number of pyridine rings is 2. The number of nitrogens with two attached hydrogens (primary N) is 1. The molecule has 4 heterocycles. The van der Waals surface area contributed by atoms with Crippen LogP contribution in [0.15, 0.2) is 16.9 Å². The van der Waals surface area contributed by atoms with Crippen molar-refractivity contribution in [2.75, 3.05) is 0 Å². The van der Waals surface area contributed by atoms with Crippen LogP contribution in [0.3, 0.4) is 0 Å². The molecule has 6 rings (SSSR count). The topological polar surface area (TPSA) is 107 Å². The van der Waals surface area contributed by atoms with Gasteiger partial charge in [-0.1, -0.05) is 6.92 Å². The van der Waals surface area contributed by atoms with Crippen molar-refractivity contribution in [1.29, 1.82) is 0 Å². The summed E-state index contributed by atoms with van der Waals surface area (Å²) >= 11 is 0. The van der Waals surface area contributed by atoms with E-state index in [0.717, 1.165) is 22.1 Å². The van der Waals surface area contributed by atoms with Crippen LogP contribution in [-0.4, -0.2) is 20.6 Å². The maximum atomic E-state index is 14.8. The molecule has 0 bridgehead atoms. The molecule has 3 aromatic rings. The van der Waals surface area contributed by atoms with Gasteiger partial charge in [0.2, 0.25) is 0 Å². The summed E-state index contributed by atoms with van der Waals surface area (Å²) in [5.41, 5.74) is 9.21. The zero-order valence-electron chi connectivity index (χ0n) is 18.7. The number of esters is 1. The molecule has 3 N–H and O–H groups in total. The zero-order valence-corrected chi connectivity index (χ0v) is 18.7.